The molecule has 1 aromatic rings. The average molecular weight is 266 g/mol. The lowest BCUT2D eigenvalue weighted by atomic mass is 10.0. The van der Waals surface area contributed by atoms with Crippen molar-refractivity contribution in [3.8, 4) is 0 Å². The first-order valence-corrected chi connectivity index (χ1v) is 7.58. The Morgan fingerprint density at radius 1 is 1.22 bits per heavy atom. The molecular weight excluding hydrogens is 240 g/mol. The number of hydrogen-bond acceptors (Lipinski definition) is 3. The van der Waals surface area contributed by atoms with E-state index in [0.717, 1.165) is 25.3 Å². The summed E-state index contributed by atoms with van der Waals surface area (Å²) in [4.78, 5) is 3.68. The molecule has 0 spiro atoms. The first kappa shape index (κ1) is 15.5. The van der Waals surface area contributed by atoms with Gasteiger partial charge in [0, 0.05) is 17.0 Å². The van der Waals surface area contributed by atoms with Gasteiger partial charge in [-0.15, -0.1) is 11.8 Å². The van der Waals surface area contributed by atoms with E-state index in [1.165, 1.54) is 10.5 Å². The maximum Gasteiger partial charge on any atom is 0.0230 e. The van der Waals surface area contributed by atoms with Crippen molar-refractivity contribution in [2.45, 2.75) is 44.2 Å². The van der Waals surface area contributed by atoms with E-state index in [0.29, 0.717) is 0 Å². The minimum atomic E-state index is -0.0735. The van der Waals surface area contributed by atoms with Crippen LogP contribution in [0.15, 0.2) is 29.2 Å². The monoisotopic (exact) mass is 266 g/mol. The van der Waals surface area contributed by atoms with Crippen LogP contribution in [0.3, 0.4) is 0 Å². The van der Waals surface area contributed by atoms with Crippen molar-refractivity contribution in [3.63, 3.8) is 0 Å². The molecule has 0 heterocycles. The molecule has 0 amide bonds. The van der Waals surface area contributed by atoms with Gasteiger partial charge in [-0.25, -0.2) is 0 Å². The zero-order valence-corrected chi connectivity index (χ0v) is 12.9. The number of benzene rings is 1. The highest BCUT2D eigenvalue weighted by Crippen LogP contribution is 2.18. The van der Waals surface area contributed by atoms with Gasteiger partial charge >= 0.3 is 0 Å². The highest BCUT2D eigenvalue weighted by molar-refractivity contribution is 7.99. The average Bonchev–Trinajstić information content (AvgIpc) is 2.29. The summed E-state index contributed by atoms with van der Waals surface area (Å²) in [6.45, 7) is 8.37. The second kappa shape index (κ2) is 7.17. The molecule has 0 aliphatic rings. The van der Waals surface area contributed by atoms with Crippen LogP contribution < -0.4 is 5.73 Å². The van der Waals surface area contributed by atoms with E-state index in [1.54, 1.807) is 0 Å². The molecule has 18 heavy (non-hydrogen) atoms. The molecular formula is C15H26N2S. The molecule has 1 aromatic carbocycles. The number of thioether (sulfide) groups is 1. The van der Waals surface area contributed by atoms with E-state index in [1.807, 2.05) is 11.8 Å². The van der Waals surface area contributed by atoms with E-state index < -0.39 is 0 Å². The Morgan fingerprint density at radius 3 is 2.33 bits per heavy atom. The molecule has 3 heteroatoms. The molecule has 102 valence electrons. The quantitative estimate of drug-likeness (QED) is 0.767. The van der Waals surface area contributed by atoms with E-state index in [9.17, 15) is 0 Å². The number of nitrogens with two attached hydrogens (primary N) is 1. The van der Waals surface area contributed by atoms with E-state index in [-0.39, 0.29) is 5.54 Å². The van der Waals surface area contributed by atoms with Gasteiger partial charge in [0.2, 0.25) is 0 Å². The molecule has 0 atom stereocenters. The third-order valence-electron chi connectivity index (χ3n) is 2.82. The normalized spacial score (nSPS) is 12.1. The molecule has 0 fully saturated rings. The van der Waals surface area contributed by atoms with Crippen molar-refractivity contribution in [1.82, 2.24) is 4.90 Å². The predicted octanol–water partition coefficient (Wildman–Crippen LogP) is 3.36. The SMILES string of the molecule is CCSc1ccc(CN(C)CCC(C)(C)N)cc1. The van der Waals surface area contributed by atoms with Crippen molar-refractivity contribution in [2.75, 3.05) is 19.3 Å². The highest BCUT2D eigenvalue weighted by Gasteiger charge is 2.11. The Labute approximate surface area is 116 Å². The van der Waals surface area contributed by atoms with Gasteiger partial charge in [-0.05, 0) is 57.3 Å². The highest BCUT2D eigenvalue weighted by atomic mass is 32.2. The summed E-state index contributed by atoms with van der Waals surface area (Å²) in [6.07, 6.45) is 1.02. The molecule has 0 saturated carbocycles. The molecule has 0 aromatic heterocycles. The Kier molecular flexibility index (Phi) is 6.19. The van der Waals surface area contributed by atoms with Crippen molar-refractivity contribution < 1.29 is 0 Å². The summed E-state index contributed by atoms with van der Waals surface area (Å²) in [7, 11) is 2.15. The first-order valence-electron chi connectivity index (χ1n) is 6.60. The van der Waals surface area contributed by atoms with E-state index in [2.05, 4.69) is 57.0 Å². The fraction of sp³-hybridized carbons (Fsp3) is 0.600. The van der Waals surface area contributed by atoms with Gasteiger partial charge in [0.1, 0.15) is 0 Å². The van der Waals surface area contributed by atoms with Gasteiger partial charge < -0.3 is 10.6 Å². The van der Waals surface area contributed by atoms with Crippen LogP contribution in [0.5, 0.6) is 0 Å². The fourth-order valence-electron chi connectivity index (χ4n) is 1.73. The van der Waals surface area contributed by atoms with Crippen molar-refractivity contribution in [3.05, 3.63) is 29.8 Å². The van der Waals surface area contributed by atoms with Crippen molar-refractivity contribution in [2.24, 2.45) is 5.73 Å². The molecule has 2 N–H and O–H groups in total. The van der Waals surface area contributed by atoms with Crippen LogP contribution in [0.25, 0.3) is 0 Å². The predicted molar refractivity (Wildman–Crippen MR) is 82.1 cm³/mol. The minimum Gasteiger partial charge on any atom is -0.326 e. The van der Waals surface area contributed by atoms with Gasteiger partial charge in [0.05, 0.1) is 0 Å². The Hall–Kier alpha value is -0.510. The summed E-state index contributed by atoms with van der Waals surface area (Å²) >= 11 is 1.89. The Morgan fingerprint density at radius 2 is 1.83 bits per heavy atom. The topological polar surface area (TPSA) is 29.3 Å². The summed E-state index contributed by atoms with van der Waals surface area (Å²) in [5, 5.41) is 0. The van der Waals surface area contributed by atoms with Gasteiger partial charge in [0.15, 0.2) is 0 Å². The smallest absolute Gasteiger partial charge is 0.0230 e. The maximum atomic E-state index is 6.00. The first-order chi connectivity index (χ1) is 8.40. The Balaban J connectivity index is 2.41. The van der Waals surface area contributed by atoms with Crippen LogP contribution >= 0.6 is 11.8 Å². The Bertz CT molecular complexity index is 341. The van der Waals surface area contributed by atoms with Crippen LogP contribution in [0, 0.1) is 0 Å². The summed E-state index contributed by atoms with van der Waals surface area (Å²) in [5.74, 6) is 1.13. The van der Waals surface area contributed by atoms with Gasteiger partial charge in [-0.2, -0.15) is 0 Å². The molecule has 0 aliphatic heterocycles. The lowest BCUT2D eigenvalue weighted by molar-refractivity contribution is 0.289. The maximum absolute atomic E-state index is 6.00. The summed E-state index contributed by atoms with van der Waals surface area (Å²) in [5.41, 5.74) is 7.30. The van der Waals surface area contributed by atoms with Crippen molar-refractivity contribution in [1.29, 1.82) is 0 Å². The van der Waals surface area contributed by atoms with Gasteiger partial charge in [-0.1, -0.05) is 19.1 Å². The molecule has 0 saturated heterocycles. The zero-order chi connectivity index (χ0) is 13.6. The number of nitrogens with zero attached hydrogens (tertiary/aromatic N) is 1. The minimum absolute atomic E-state index is 0.0735. The van der Waals surface area contributed by atoms with Gasteiger partial charge in [0.25, 0.3) is 0 Å². The number of rotatable bonds is 7. The summed E-state index contributed by atoms with van der Waals surface area (Å²) < 4.78 is 0. The second-order valence-electron chi connectivity index (χ2n) is 5.55. The van der Waals surface area contributed by atoms with E-state index in [4.69, 9.17) is 5.73 Å². The molecule has 1 rings (SSSR count). The van der Waals surface area contributed by atoms with Crippen LogP contribution in [-0.2, 0) is 6.54 Å². The van der Waals surface area contributed by atoms with Crippen molar-refractivity contribution >= 4 is 11.8 Å². The van der Waals surface area contributed by atoms with Crippen LogP contribution in [0.4, 0.5) is 0 Å². The molecule has 2 nitrogen and oxygen atoms in total. The van der Waals surface area contributed by atoms with Gasteiger partial charge in [-0.3, -0.25) is 0 Å². The molecule has 0 bridgehead atoms. The third-order valence-corrected chi connectivity index (χ3v) is 3.72. The van der Waals surface area contributed by atoms with Crippen LogP contribution in [-0.4, -0.2) is 29.8 Å². The molecule has 0 aliphatic carbocycles. The zero-order valence-electron chi connectivity index (χ0n) is 12.1. The molecule has 0 radical (unpaired) electrons. The second-order valence-corrected chi connectivity index (χ2v) is 6.89. The number of hydrogen-bond donors (Lipinski definition) is 1. The molecule has 0 unspecified atom stereocenters. The largest absolute Gasteiger partial charge is 0.326 e. The fourth-order valence-corrected chi connectivity index (χ4v) is 2.39. The van der Waals surface area contributed by atoms with Crippen LogP contribution in [0.2, 0.25) is 0 Å². The summed E-state index contributed by atoms with van der Waals surface area (Å²) in [6, 6.07) is 8.87. The van der Waals surface area contributed by atoms with E-state index >= 15 is 0 Å². The lowest BCUT2D eigenvalue weighted by Crippen LogP contribution is -2.36. The third kappa shape index (κ3) is 6.43. The lowest BCUT2D eigenvalue weighted by Gasteiger charge is -2.23. The van der Waals surface area contributed by atoms with Crippen LogP contribution in [0.1, 0.15) is 32.8 Å². The standard InChI is InChI=1S/C15H26N2S/c1-5-18-14-8-6-13(7-9-14)12-17(4)11-10-15(2,3)16/h6-9H,5,10-12,16H2,1-4H3.